The summed E-state index contributed by atoms with van der Waals surface area (Å²) in [5.41, 5.74) is 0. The van der Waals surface area contributed by atoms with E-state index in [0.717, 1.165) is 31.3 Å². The predicted molar refractivity (Wildman–Crippen MR) is 120 cm³/mol. The number of esters is 1. The first-order chi connectivity index (χ1) is 13.7. The summed E-state index contributed by atoms with van der Waals surface area (Å²) in [6, 6.07) is 0. The molecule has 0 bridgehead atoms. The number of thioether (sulfide) groups is 1. The zero-order valence-corrected chi connectivity index (χ0v) is 19.0. The summed E-state index contributed by atoms with van der Waals surface area (Å²) in [5, 5.41) is 9.81. The van der Waals surface area contributed by atoms with Crippen LogP contribution in [-0.2, 0) is 14.3 Å². The van der Waals surface area contributed by atoms with E-state index < -0.39 is 0 Å². The van der Waals surface area contributed by atoms with Gasteiger partial charge in [-0.15, -0.1) is 0 Å². The number of carbonyl (C=O) groups excluding carboxylic acids is 2. The first-order valence-electron chi connectivity index (χ1n) is 11.5. The van der Waals surface area contributed by atoms with Crippen molar-refractivity contribution in [3.8, 4) is 0 Å². The molecule has 0 radical (unpaired) electrons. The van der Waals surface area contributed by atoms with E-state index in [-0.39, 0.29) is 12.6 Å². The summed E-state index contributed by atoms with van der Waals surface area (Å²) < 4.78 is 4.65. The predicted octanol–water partition coefficient (Wildman–Crippen LogP) is 6.08. The Balaban J connectivity index is 3.58. The van der Waals surface area contributed by atoms with Crippen molar-refractivity contribution < 1.29 is 19.4 Å². The number of aldehydes is 1. The van der Waals surface area contributed by atoms with Gasteiger partial charge < -0.3 is 14.6 Å². The van der Waals surface area contributed by atoms with Crippen LogP contribution in [0.2, 0.25) is 0 Å². The standard InChI is InChI=1S/C23H44O4S/c1-27-23(26)18-14-10-6-2-4-8-12-16-22(28-21-20-25)17-13-9-5-3-7-11-15-19-24/h19,22,25H,2-18,20-21H2,1H3. The SMILES string of the molecule is COC(=O)CCCCCCCCCC(CCCCCCCCC=O)SCCO. The number of ether oxygens (including phenoxy) is 1. The van der Waals surface area contributed by atoms with Crippen LogP contribution in [0.1, 0.15) is 109 Å². The monoisotopic (exact) mass is 416 g/mol. The molecule has 166 valence electrons. The van der Waals surface area contributed by atoms with Crippen molar-refractivity contribution in [3.05, 3.63) is 0 Å². The Morgan fingerprint density at radius 1 is 0.857 bits per heavy atom. The van der Waals surface area contributed by atoms with Gasteiger partial charge in [0.1, 0.15) is 6.29 Å². The van der Waals surface area contributed by atoms with Crippen LogP contribution in [0.3, 0.4) is 0 Å². The summed E-state index contributed by atoms with van der Waals surface area (Å²) in [4.78, 5) is 21.3. The largest absolute Gasteiger partial charge is 0.469 e. The first kappa shape index (κ1) is 27.5. The fourth-order valence-electron chi connectivity index (χ4n) is 3.46. The van der Waals surface area contributed by atoms with Gasteiger partial charge >= 0.3 is 5.97 Å². The van der Waals surface area contributed by atoms with Gasteiger partial charge in [0.05, 0.1) is 13.7 Å². The Morgan fingerprint density at radius 2 is 1.36 bits per heavy atom. The molecule has 0 amide bonds. The van der Waals surface area contributed by atoms with E-state index in [1.807, 2.05) is 11.8 Å². The van der Waals surface area contributed by atoms with Gasteiger partial charge in [0.2, 0.25) is 0 Å². The van der Waals surface area contributed by atoms with Gasteiger partial charge in [-0.25, -0.2) is 0 Å². The summed E-state index contributed by atoms with van der Waals surface area (Å²) in [5.74, 6) is 0.764. The highest BCUT2D eigenvalue weighted by Gasteiger charge is 2.09. The van der Waals surface area contributed by atoms with Crippen molar-refractivity contribution in [2.24, 2.45) is 0 Å². The molecule has 28 heavy (non-hydrogen) atoms. The third-order valence-electron chi connectivity index (χ3n) is 5.18. The molecule has 0 aliphatic rings. The van der Waals surface area contributed by atoms with Crippen molar-refractivity contribution >= 4 is 24.0 Å². The maximum atomic E-state index is 11.0. The number of carbonyl (C=O) groups is 2. The highest BCUT2D eigenvalue weighted by Crippen LogP contribution is 2.24. The molecule has 0 aromatic carbocycles. The lowest BCUT2D eigenvalue weighted by Gasteiger charge is -2.16. The van der Waals surface area contributed by atoms with Crippen LogP contribution in [-0.4, -0.2) is 42.1 Å². The lowest BCUT2D eigenvalue weighted by molar-refractivity contribution is -0.140. The fourth-order valence-corrected chi connectivity index (χ4v) is 4.57. The van der Waals surface area contributed by atoms with E-state index in [1.54, 1.807) is 0 Å². The second-order valence-electron chi connectivity index (χ2n) is 7.67. The lowest BCUT2D eigenvalue weighted by atomic mass is 10.0. The van der Waals surface area contributed by atoms with E-state index in [2.05, 4.69) is 4.74 Å². The minimum atomic E-state index is -0.0932. The number of unbranched alkanes of at least 4 members (excludes halogenated alkanes) is 12. The number of hydrogen-bond donors (Lipinski definition) is 1. The van der Waals surface area contributed by atoms with E-state index in [4.69, 9.17) is 5.11 Å². The molecule has 0 rings (SSSR count). The molecule has 0 spiro atoms. The van der Waals surface area contributed by atoms with Crippen LogP contribution in [0.15, 0.2) is 0 Å². The molecular formula is C23H44O4S. The Kier molecular flexibility index (Phi) is 22.3. The zero-order chi connectivity index (χ0) is 20.7. The van der Waals surface area contributed by atoms with E-state index in [0.29, 0.717) is 18.1 Å². The summed E-state index contributed by atoms with van der Waals surface area (Å²) in [7, 11) is 1.45. The third kappa shape index (κ3) is 20.2. The quantitative estimate of drug-likeness (QED) is 0.131. The highest BCUT2D eigenvalue weighted by molar-refractivity contribution is 7.99. The number of methoxy groups -OCH3 is 1. The normalized spacial score (nSPS) is 12.1. The van der Waals surface area contributed by atoms with Crippen molar-refractivity contribution in [1.29, 1.82) is 0 Å². The summed E-state index contributed by atoms with van der Waals surface area (Å²) in [6.07, 6.45) is 20.6. The number of aliphatic hydroxyl groups is 1. The van der Waals surface area contributed by atoms with Gasteiger partial charge in [-0.2, -0.15) is 11.8 Å². The van der Waals surface area contributed by atoms with Crippen LogP contribution in [0.5, 0.6) is 0 Å². The smallest absolute Gasteiger partial charge is 0.305 e. The maximum absolute atomic E-state index is 11.0. The van der Waals surface area contributed by atoms with Gasteiger partial charge in [0.25, 0.3) is 0 Å². The van der Waals surface area contributed by atoms with Gasteiger partial charge in [0.15, 0.2) is 0 Å². The maximum Gasteiger partial charge on any atom is 0.305 e. The second kappa shape index (κ2) is 22.7. The molecule has 4 nitrogen and oxygen atoms in total. The van der Waals surface area contributed by atoms with Crippen LogP contribution in [0, 0.1) is 0 Å². The minimum Gasteiger partial charge on any atom is -0.469 e. The van der Waals surface area contributed by atoms with Crippen molar-refractivity contribution in [1.82, 2.24) is 0 Å². The summed E-state index contributed by atoms with van der Waals surface area (Å²) >= 11 is 1.94. The number of hydrogen-bond acceptors (Lipinski definition) is 5. The molecule has 0 fully saturated rings. The molecule has 0 aromatic heterocycles. The molecule has 0 saturated carbocycles. The van der Waals surface area contributed by atoms with Crippen molar-refractivity contribution in [2.75, 3.05) is 19.5 Å². The zero-order valence-electron chi connectivity index (χ0n) is 18.2. The molecular weight excluding hydrogens is 372 g/mol. The number of aliphatic hydroxyl groups excluding tert-OH is 1. The fraction of sp³-hybridized carbons (Fsp3) is 0.913. The Morgan fingerprint density at radius 3 is 1.86 bits per heavy atom. The van der Waals surface area contributed by atoms with Gasteiger partial charge in [0, 0.05) is 23.8 Å². The molecule has 0 aliphatic carbocycles. The molecule has 1 unspecified atom stereocenters. The van der Waals surface area contributed by atoms with E-state index in [1.165, 1.54) is 84.2 Å². The first-order valence-corrected chi connectivity index (χ1v) is 12.5. The van der Waals surface area contributed by atoms with Crippen LogP contribution < -0.4 is 0 Å². The average molecular weight is 417 g/mol. The Hall–Kier alpha value is -0.550. The van der Waals surface area contributed by atoms with Gasteiger partial charge in [-0.05, 0) is 25.7 Å². The van der Waals surface area contributed by atoms with Gasteiger partial charge in [-0.1, -0.05) is 70.6 Å². The minimum absolute atomic E-state index is 0.0932. The molecule has 1 atom stereocenters. The Bertz CT molecular complexity index is 349. The topological polar surface area (TPSA) is 63.6 Å². The molecule has 0 saturated heterocycles. The molecule has 0 aliphatic heterocycles. The molecule has 5 heteroatoms. The van der Waals surface area contributed by atoms with Crippen LogP contribution in [0.25, 0.3) is 0 Å². The summed E-state index contributed by atoms with van der Waals surface area (Å²) in [6.45, 7) is 0.281. The van der Waals surface area contributed by atoms with Crippen molar-refractivity contribution in [2.45, 2.75) is 114 Å². The second-order valence-corrected chi connectivity index (χ2v) is 9.08. The van der Waals surface area contributed by atoms with E-state index in [9.17, 15) is 9.59 Å². The molecule has 0 heterocycles. The third-order valence-corrected chi connectivity index (χ3v) is 6.54. The number of rotatable bonds is 22. The van der Waals surface area contributed by atoms with E-state index >= 15 is 0 Å². The average Bonchev–Trinajstić information content (AvgIpc) is 2.71. The van der Waals surface area contributed by atoms with Gasteiger partial charge in [-0.3, -0.25) is 4.79 Å². The van der Waals surface area contributed by atoms with Crippen LogP contribution in [0.4, 0.5) is 0 Å². The molecule has 0 aromatic rings. The lowest BCUT2D eigenvalue weighted by Crippen LogP contribution is -2.05. The Labute approximate surface area is 177 Å². The molecule has 1 N–H and O–H groups in total. The van der Waals surface area contributed by atoms with Crippen LogP contribution >= 0.6 is 11.8 Å². The van der Waals surface area contributed by atoms with Crippen molar-refractivity contribution in [3.63, 3.8) is 0 Å². The highest BCUT2D eigenvalue weighted by atomic mass is 32.2.